The Labute approximate surface area is 170 Å². The van der Waals surface area contributed by atoms with Crippen LogP contribution in [-0.2, 0) is 9.59 Å². The number of hydrogen-bond donors (Lipinski definition) is 1. The molecule has 0 radical (unpaired) electrons. The second-order valence-electron chi connectivity index (χ2n) is 7.43. The molecule has 144 valence electrons. The molecule has 2 fully saturated rings. The van der Waals surface area contributed by atoms with Gasteiger partial charge in [0.05, 0.1) is 5.69 Å². The van der Waals surface area contributed by atoms with Crippen molar-refractivity contribution in [2.24, 2.45) is 0 Å². The van der Waals surface area contributed by atoms with Crippen LogP contribution in [0.4, 0.5) is 5.69 Å². The Morgan fingerprint density at radius 2 is 1.79 bits per heavy atom. The van der Waals surface area contributed by atoms with E-state index in [-0.39, 0.29) is 10.7 Å². The molecule has 2 aliphatic rings. The minimum Gasteiger partial charge on any atom is -0.346 e. The maximum atomic E-state index is 13.1. The summed E-state index contributed by atoms with van der Waals surface area (Å²) in [6.45, 7) is 4.14. The summed E-state index contributed by atoms with van der Waals surface area (Å²) in [5.41, 5.74) is 3.90. The molecule has 1 saturated heterocycles. The third kappa shape index (κ3) is 3.18. The third-order valence-electron chi connectivity index (χ3n) is 5.63. The number of aromatic nitrogens is 1. The summed E-state index contributed by atoms with van der Waals surface area (Å²) in [6, 6.07) is 11.7. The van der Waals surface area contributed by atoms with Crippen LogP contribution >= 0.6 is 12.2 Å². The summed E-state index contributed by atoms with van der Waals surface area (Å²) >= 11 is 5.25. The van der Waals surface area contributed by atoms with Crippen LogP contribution in [0.2, 0.25) is 0 Å². The quantitative estimate of drug-likeness (QED) is 0.486. The molecule has 6 heteroatoms. The Hall–Kier alpha value is -2.73. The zero-order valence-corrected chi connectivity index (χ0v) is 16.9. The standard InChI is InChI=1S/C22H23N3O2S/c1-14-12-16(15(2)24(14)17-10-6-7-11-17)13-19-20(26)23-22(28)25(21(19)27)18-8-4-3-5-9-18/h3-5,8-9,12-13,17H,6-7,10-11H2,1-2H3,(H,23,26,28)/b19-13-. The Balaban J connectivity index is 1.72. The normalized spacial score (nSPS) is 19.6. The molecule has 1 aromatic carbocycles. The van der Waals surface area contributed by atoms with Gasteiger partial charge in [-0.1, -0.05) is 31.0 Å². The number of hydrogen-bond acceptors (Lipinski definition) is 3. The van der Waals surface area contributed by atoms with E-state index in [1.807, 2.05) is 18.2 Å². The molecule has 2 heterocycles. The first kappa shape index (κ1) is 18.6. The fourth-order valence-electron chi connectivity index (χ4n) is 4.30. The molecule has 5 nitrogen and oxygen atoms in total. The minimum atomic E-state index is -0.451. The molecule has 1 aliphatic carbocycles. The summed E-state index contributed by atoms with van der Waals surface area (Å²) in [5.74, 6) is -0.849. The van der Waals surface area contributed by atoms with E-state index in [2.05, 4.69) is 29.8 Å². The first-order chi connectivity index (χ1) is 13.5. The van der Waals surface area contributed by atoms with Crippen LogP contribution < -0.4 is 10.2 Å². The maximum absolute atomic E-state index is 13.1. The molecule has 0 bridgehead atoms. The van der Waals surface area contributed by atoms with E-state index >= 15 is 0 Å². The van der Waals surface area contributed by atoms with Crippen molar-refractivity contribution in [2.45, 2.75) is 45.6 Å². The molecule has 0 atom stereocenters. The number of carbonyl (C=O) groups excluding carboxylic acids is 2. The van der Waals surface area contributed by atoms with Crippen molar-refractivity contribution in [3.63, 3.8) is 0 Å². The van der Waals surface area contributed by atoms with Crippen LogP contribution in [0.15, 0.2) is 42.0 Å². The number of carbonyl (C=O) groups is 2. The van der Waals surface area contributed by atoms with E-state index in [9.17, 15) is 9.59 Å². The van der Waals surface area contributed by atoms with E-state index < -0.39 is 11.8 Å². The van der Waals surface area contributed by atoms with Crippen molar-refractivity contribution in [1.29, 1.82) is 0 Å². The Kier molecular flexibility index (Phi) is 4.89. The number of para-hydroxylation sites is 1. The highest BCUT2D eigenvalue weighted by atomic mass is 32.1. The lowest BCUT2D eigenvalue weighted by molar-refractivity contribution is -0.122. The van der Waals surface area contributed by atoms with E-state index in [0.717, 1.165) is 17.0 Å². The van der Waals surface area contributed by atoms with Crippen molar-refractivity contribution >= 4 is 40.9 Å². The lowest BCUT2D eigenvalue weighted by Crippen LogP contribution is -2.54. The molecule has 28 heavy (non-hydrogen) atoms. The number of nitrogens with one attached hydrogen (secondary N) is 1. The first-order valence-corrected chi connectivity index (χ1v) is 10.0. The lowest BCUT2D eigenvalue weighted by atomic mass is 10.1. The van der Waals surface area contributed by atoms with Gasteiger partial charge in [-0.15, -0.1) is 0 Å². The largest absolute Gasteiger partial charge is 0.346 e. The predicted molar refractivity (Wildman–Crippen MR) is 114 cm³/mol. The fraction of sp³-hybridized carbons (Fsp3) is 0.318. The SMILES string of the molecule is Cc1cc(/C=C2/C(=O)NC(=S)N(c3ccccc3)C2=O)c(C)n1C1CCCC1. The molecular formula is C22H23N3O2S. The van der Waals surface area contributed by atoms with E-state index in [1.54, 1.807) is 18.2 Å². The Bertz CT molecular complexity index is 985. The van der Waals surface area contributed by atoms with Crippen molar-refractivity contribution in [1.82, 2.24) is 9.88 Å². The molecular weight excluding hydrogens is 370 g/mol. The monoisotopic (exact) mass is 393 g/mol. The van der Waals surface area contributed by atoms with Crippen LogP contribution in [0.1, 0.15) is 48.7 Å². The van der Waals surface area contributed by atoms with Crippen LogP contribution in [0.3, 0.4) is 0 Å². The van der Waals surface area contributed by atoms with Crippen molar-refractivity contribution in [3.05, 3.63) is 58.9 Å². The molecule has 1 saturated carbocycles. The van der Waals surface area contributed by atoms with Gasteiger partial charge in [0.2, 0.25) is 0 Å². The smallest absolute Gasteiger partial charge is 0.270 e. The fourth-order valence-corrected chi connectivity index (χ4v) is 4.58. The molecule has 0 spiro atoms. The minimum absolute atomic E-state index is 0.101. The number of thiocarbonyl (C=S) groups is 1. The zero-order valence-electron chi connectivity index (χ0n) is 16.1. The predicted octanol–water partition coefficient (Wildman–Crippen LogP) is 4.05. The third-order valence-corrected chi connectivity index (χ3v) is 5.91. The van der Waals surface area contributed by atoms with Crippen LogP contribution in [0.25, 0.3) is 6.08 Å². The molecule has 1 aliphatic heterocycles. The summed E-state index contributed by atoms with van der Waals surface area (Å²) < 4.78 is 2.35. The second-order valence-corrected chi connectivity index (χ2v) is 7.81. The van der Waals surface area contributed by atoms with Crippen LogP contribution in [0, 0.1) is 13.8 Å². The van der Waals surface area contributed by atoms with E-state index in [1.165, 1.54) is 30.6 Å². The Morgan fingerprint density at radius 3 is 2.46 bits per heavy atom. The molecule has 1 N–H and O–H groups in total. The van der Waals surface area contributed by atoms with Crippen molar-refractivity contribution < 1.29 is 9.59 Å². The molecule has 4 rings (SSSR count). The highest BCUT2D eigenvalue weighted by Crippen LogP contribution is 2.34. The zero-order chi connectivity index (χ0) is 19.8. The average Bonchev–Trinajstić information content (AvgIpc) is 3.27. The number of aryl methyl sites for hydroxylation is 1. The highest BCUT2D eigenvalue weighted by Gasteiger charge is 2.34. The number of benzene rings is 1. The van der Waals surface area contributed by atoms with Crippen LogP contribution in [-0.4, -0.2) is 21.5 Å². The van der Waals surface area contributed by atoms with Crippen LogP contribution in [0.5, 0.6) is 0 Å². The van der Waals surface area contributed by atoms with Gasteiger partial charge >= 0.3 is 0 Å². The molecule has 1 aromatic heterocycles. The van der Waals surface area contributed by atoms with Gasteiger partial charge in [0.15, 0.2) is 5.11 Å². The van der Waals surface area contributed by atoms with Gasteiger partial charge in [0.1, 0.15) is 5.57 Å². The average molecular weight is 394 g/mol. The van der Waals surface area contributed by atoms with Crippen molar-refractivity contribution in [2.75, 3.05) is 4.90 Å². The summed E-state index contributed by atoms with van der Waals surface area (Å²) in [5, 5.41) is 2.75. The molecule has 2 aromatic rings. The van der Waals surface area contributed by atoms with Gasteiger partial charge in [0, 0.05) is 17.4 Å². The summed E-state index contributed by atoms with van der Waals surface area (Å²) in [4.78, 5) is 27.0. The first-order valence-electron chi connectivity index (χ1n) is 9.62. The van der Waals surface area contributed by atoms with E-state index in [0.29, 0.717) is 11.7 Å². The van der Waals surface area contributed by atoms with E-state index in [4.69, 9.17) is 12.2 Å². The van der Waals surface area contributed by atoms with Gasteiger partial charge in [-0.3, -0.25) is 19.8 Å². The number of amides is 2. The van der Waals surface area contributed by atoms with Gasteiger partial charge in [-0.2, -0.15) is 0 Å². The van der Waals surface area contributed by atoms with Gasteiger partial charge in [0.25, 0.3) is 11.8 Å². The number of rotatable bonds is 3. The van der Waals surface area contributed by atoms with Crippen molar-refractivity contribution in [3.8, 4) is 0 Å². The molecule has 0 unspecified atom stereocenters. The lowest BCUT2D eigenvalue weighted by Gasteiger charge is -2.28. The maximum Gasteiger partial charge on any atom is 0.270 e. The van der Waals surface area contributed by atoms with Gasteiger partial charge in [-0.05, 0) is 68.7 Å². The summed E-state index contributed by atoms with van der Waals surface area (Å²) in [6.07, 6.45) is 6.57. The molecule has 2 amide bonds. The highest BCUT2D eigenvalue weighted by molar-refractivity contribution is 7.80. The topological polar surface area (TPSA) is 54.3 Å². The number of nitrogens with zero attached hydrogens (tertiary/aromatic N) is 2. The Morgan fingerprint density at radius 1 is 1.11 bits per heavy atom. The van der Waals surface area contributed by atoms with Gasteiger partial charge < -0.3 is 4.57 Å². The second kappa shape index (κ2) is 7.36. The summed E-state index contributed by atoms with van der Waals surface area (Å²) in [7, 11) is 0. The van der Waals surface area contributed by atoms with Gasteiger partial charge in [-0.25, -0.2) is 0 Å². The number of anilines is 1.